The second kappa shape index (κ2) is 7.48. The third-order valence-corrected chi connectivity index (χ3v) is 4.78. The maximum absolute atomic E-state index is 11.4. The van der Waals surface area contributed by atoms with E-state index in [0.29, 0.717) is 55.0 Å². The summed E-state index contributed by atoms with van der Waals surface area (Å²) in [5, 5.41) is 19.7. The number of hydrogen-bond donors (Lipinski definition) is 3. The summed E-state index contributed by atoms with van der Waals surface area (Å²) in [5.41, 5.74) is 2.60. The van der Waals surface area contributed by atoms with Crippen molar-refractivity contribution in [3.05, 3.63) is 48.2 Å². The summed E-state index contributed by atoms with van der Waals surface area (Å²) >= 11 is 0. The number of aromatic nitrogens is 4. The lowest BCUT2D eigenvalue weighted by Gasteiger charge is -2.27. The van der Waals surface area contributed by atoms with Crippen molar-refractivity contribution < 1.29 is 19.1 Å². The lowest BCUT2D eigenvalue weighted by atomic mass is 10.2. The normalized spacial score (nSPS) is 14.2. The van der Waals surface area contributed by atoms with Crippen LogP contribution in [0, 0.1) is 0 Å². The zero-order chi connectivity index (χ0) is 20.5. The van der Waals surface area contributed by atoms with Gasteiger partial charge in [-0.3, -0.25) is 5.10 Å². The molecule has 152 valence electrons. The van der Waals surface area contributed by atoms with E-state index in [0.717, 1.165) is 11.3 Å². The summed E-state index contributed by atoms with van der Waals surface area (Å²) in [6, 6.07) is 13.1. The van der Waals surface area contributed by atoms with Gasteiger partial charge in [0.1, 0.15) is 5.52 Å². The molecule has 0 aliphatic carbocycles. The average molecular weight is 406 g/mol. The lowest BCUT2D eigenvalue weighted by Crippen LogP contribution is -2.37. The van der Waals surface area contributed by atoms with Crippen LogP contribution in [0.15, 0.2) is 46.9 Å². The second-order valence-corrected chi connectivity index (χ2v) is 6.76. The molecule has 0 radical (unpaired) electrons. The Bertz CT molecular complexity index is 1200. The number of carboxylic acids is 1. The largest absolute Gasteiger partial charge is 0.475 e. The number of ether oxygens (including phenoxy) is 1. The van der Waals surface area contributed by atoms with Gasteiger partial charge in [-0.25, -0.2) is 9.78 Å². The van der Waals surface area contributed by atoms with E-state index in [9.17, 15) is 9.90 Å². The molecule has 0 bridgehead atoms. The van der Waals surface area contributed by atoms with Crippen molar-refractivity contribution in [1.82, 2.24) is 20.2 Å². The number of H-pyrrole nitrogens is 1. The number of fused-ring (bicyclic) bond motifs is 1. The van der Waals surface area contributed by atoms with Crippen molar-refractivity contribution in [2.24, 2.45) is 0 Å². The summed E-state index contributed by atoms with van der Waals surface area (Å²) < 4.78 is 10.9. The van der Waals surface area contributed by atoms with E-state index in [1.807, 2.05) is 41.3 Å². The minimum absolute atomic E-state index is 0.183. The fourth-order valence-corrected chi connectivity index (χ4v) is 3.33. The van der Waals surface area contributed by atoms with Crippen molar-refractivity contribution in [2.45, 2.75) is 0 Å². The van der Waals surface area contributed by atoms with Crippen LogP contribution in [0.1, 0.15) is 10.6 Å². The summed E-state index contributed by atoms with van der Waals surface area (Å²) in [5.74, 6) is 0.0281. The Morgan fingerprint density at radius 2 is 1.93 bits per heavy atom. The van der Waals surface area contributed by atoms with Crippen molar-refractivity contribution in [3.63, 3.8) is 0 Å². The summed E-state index contributed by atoms with van der Waals surface area (Å²) in [7, 11) is 0. The van der Waals surface area contributed by atoms with Gasteiger partial charge in [-0.05, 0) is 5.56 Å². The van der Waals surface area contributed by atoms with E-state index < -0.39 is 5.97 Å². The van der Waals surface area contributed by atoms with E-state index in [1.54, 1.807) is 0 Å². The van der Waals surface area contributed by atoms with Crippen molar-refractivity contribution in [2.75, 3.05) is 36.5 Å². The highest BCUT2D eigenvalue weighted by Gasteiger charge is 2.23. The van der Waals surface area contributed by atoms with Crippen LogP contribution >= 0.6 is 0 Å². The summed E-state index contributed by atoms with van der Waals surface area (Å²) in [6.07, 6.45) is 0. The van der Waals surface area contributed by atoms with Crippen molar-refractivity contribution in [3.8, 4) is 11.3 Å². The maximum Gasteiger partial charge on any atom is 0.371 e. The van der Waals surface area contributed by atoms with Gasteiger partial charge in [-0.2, -0.15) is 10.1 Å². The molecule has 10 nitrogen and oxygen atoms in total. The Labute approximate surface area is 170 Å². The zero-order valence-electron chi connectivity index (χ0n) is 15.8. The number of benzene rings is 1. The molecule has 1 aliphatic heterocycles. The predicted molar refractivity (Wildman–Crippen MR) is 109 cm³/mol. The van der Waals surface area contributed by atoms with Gasteiger partial charge in [0.2, 0.25) is 11.7 Å². The number of rotatable bonds is 5. The zero-order valence-corrected chi connectivity index (χ0v) is 15.8. The fourth-order valence-electron chi connectivity index (χ4n) is 3.33. The number of aromatic carboxylic acids is 1. The van der Waals surface area contributed by atoms with Gasteiger partial charge in [-0.1, -0.05) is 30.3 Å². The van der Waals surface area contributed by atoms with Crippen molar-refractivity contribution in [1.29, 1.82) is 0 Å². The third kappa shape index (κ3) is 3.44. The molecule has 10 heteroatoms. The highest BCUT2D eigenvalue weighted by molar-refractivity contribution is 5.94. The Balaban J connectivity index is 1.51. The smallest absolute Gasteiger partial charge is 0.371 e. The minimum Gasteiger partial charge on any atom is -0.475 e. The molecule has 4 heterocycles. The minimum atomic E-state index is -1.16. The van der Waals surface area contributed by atoms with E-state index in [1.165, 1.54) is 6.07 Å². The van der Waals surface area contributed by atoms with Gasteiger partial charge in [-0.15, -0.1) is 0 Å². The highest BCUT2D eigenvalue weighted by atomic mass is 16.5. The number of carboxylic acid groups (broad SMARTS) is 1. The average Bonchev–Trinajstić information content (AvgIpc) is 3.42. The van der Waals surface area contributed by atoms with Gasteiger partial charge in [0.05, 0.1) is 18.9 Å². The van der Waals surface area contributed by atoms with Crippen LogP contribution in [-0.4, -0.2) is 57.5 Å². The number of hydrogen-bond acceptors (Lipinski definition) is 8. The Kier molecular flexibility index (Phi) is 4.52. The first-order valence-electron chi connectivity index (χ1n) is 9.43. The van der Waals surface area contributed by atoms with Gasteiger partial charge >= 0.3 is 5.97 Å². The molecular weight excluding hydrogens is 388 g/mol. The first-order valence-corrected chi connectivity index (χ1v) is 9.43. The quantitative estimate of drug-likeness (QED) is 0.458. The predicted octanol–water partition coefficient (Wildman–Crippen LogP) is 2.89. The monoisotopic (exact) mass is 406 g/mol. The van der Waals surface area contributed by atoms with Crippen LogP contribution < -0.4 is 10.2 Å². The first-order chi connectivity index (χ1) is 14.7. The SMILES string of the molecule is O=C(O)c1cc2nc(Nc3cc(-c4ccccc4)[nH]n3)nc(N3CCOCC3)c2o1. The molecule has 0 spiro atoms. The molecule has 0 unspecified atom stereocenters. The van der Waals surface area contributed by atoms with Gasteiger partial charge in [0, 0.05) is 25.2 Å². The van der Waals surface area contributed by atoms with E-state index in [4.69, 9.17) is 9.15 Å². The van der Waals surface area contributed by atoms with Crippen molar-refractivity contribution >= 4 is 34.7 Å². The van der Waals surface area contributed by atoms with Gasteiger partial charge in [0.15, 0.2) is 17.2 Å². The Hall–Kier alpha value is -3.92. The van der Waals surface area contributed by atoms with Crippen LogP contribution in [0.2, 0.25) is 0 Å². The fraction of sp³-hybridized carbons (Fsp3) is 0.200. The lowest BCUT2D eigenvalue weighted by molar-refractivity contribution is 0.0665. The van der Waals surface area contributed by atoms with E-state index in [2.05, 4.69) is 25.5 Å². The molecule has 0 atom stereocenters. The first kappa shape index (κ1) is 18.1. The molecule has 30 heavy (non-hydrogen) atoms. The second-order valence-electron chi connectivity index (χ2n) is 6.76. The van der Waals surface area contributed by atoms with Gasteiger partial charge < -0.3 is 24.5 Å². The molecule has 3 aromatic heterocycles. The van der Waals surface area contributed by atoms with Crippen LogP contribution in [0.3, 0.4) is 0 Å². The number of carbonyl (C=O) groups is 1. The third-order valence-electron chi connectivity index (χ3n) is 4.78. The molecule has 0 amide bonds. The molecule has 5 rings (SSSR count). The molecule has 1 fully saturated rings. The molecule has 1 aromatic carbocycles. The molecule has 3 N–H and O–H groups in total. The maximum atomic E-state index is 11.4. The highest BCUT2D eigenvalue weighted by Crippen LogP contribution is 2.30. The molecule has 4 aromatic rings. The molecule has 1 aliphatic rings. The molecular formula is C20H18N6O4. The topological polar surface area (TPSA) is 129 Å². The van der Waals surface area contributed by atoms with Crippen LogP contribution in [0.4, 0.5) is 17.6 Å². The summed E-state index contributed by atoms with van der Waals surface area (Å²) in [4.78, 5) is 22.4. The number of nitrogens with one attached hydrogen (secondary N) is 2. The van der Waals surface area contributed by atoms with Crippen LogP contribution in [0.25, 0.3) is 22.4 Å². The van der Waals surface area contributed by atoms with Crippen LogP contribution in [-0.2, 0) is 4.74 Å². The number of nitrogens with zero attached hydrogens (tertiary/aromatic N) is 4. The van der Waals surface area contributed by atoms with Gasteiger partial charge in [0.25, 0.3) is 0 Å². The Morgan fingerprint density at radius 1 is 1.13 bits per heavy atom. The Morgan fingerprint density at radius 3 is 2.70 bits per heavy atom. The number of anilines is 3. The van der Waals surface area contributed by atoms with E-state index >= 15 is 0 Å². The standard InChI is InChI=1S/C20H18N6O4/c27-19(28)15-10-14-17(30-15)18(26-6-8-29-9-7-26)23-20(21-14)22-16-11-13(24-25-16)12-4-2-1-3-5-12/h1-5,10-11H,6-9H2,(H,27,28)(H2,21,22,23,24,25). The molecule has 1 saturated heterocycles. The number of furan rings is 1. The number of morpholine rings is 1. The van der Waals surface area contributed by atoms with Crippen LogP contribution in [0.5, 0.6) is 0 Å². The van der Waals surface area contributed by atoms with E-state index in [-0.39, 0.29) is 5.76 Å². The summed E-state index contributed by atoms with van der Waals surface area (Å²) in [6.45, 7) is 2.35. The molecule has 0 saturated carbocycles. The number of aromatic amines is 1.